The van der Waals surface area contributed by atoms with Gasteiger partial charge in [-0.25, -0.2) is 0 Å². The second-order valence-corrected chi connectivity index (χ2v) is 7.88. The maximum atomic E-state index is 13.2. The summed E-state index contributed by atoms with van der Waals surface area (Å²) in [6.07, 6.45) is 0.435. The molecule has 1 aliphatic rings. The minimum Gasteiger partial charge on any atom is -0.503 e. The third-order valence-corrected chi connectivity index (χ3v) is 5.92. The highest BCUT2D eigenvalue weighted by Crippen LogP contribution is 2.43. The first-order valence-electron chi connectivity index (χ1n) is 11.0. The number of carbonyl (C=O) groups excluding carboxylic acids is 1. The van der Waals surface area contributed by atoms with Crippen molar-refractivity contribution < 1.29 is 32.9 Å². The number of alkyl halides is 2. The smallest absolute Gasteiger partial charge is 0.387 e. The molecule has 1 heterocycles. The Labute approximate surface area is 202 Å². The maximum absolute atomic E-state index is 13.2. The van der Waals surface area contributed by atoms with Crippen molar-refractivity contribution in [3.8, 4) is 17.2 Å². The number of carbonyl (C=O) groups is 1. The molecule has 1 amide bonds. The lowest BCUT2D eigenvalue weighted by Gasteiger charge is -2.28. The van der Waals surface area contributed by atoms with E-state index < -0.39 is 18.6 Å². The summed E-state index contributed by atoms with van der Waals surface area (Å²) in [5, 5.41) is 10.9. The molecule has 0 aromatic heterocycles. The average Bonchev–Trinajstić information content (AvgIpc) is 3.12. The van der Waals surface area contributed by atoms with Gasteiger partial charge in [0.05, 0.1) is 20.3 Å². The van der Waals surface area contributed by atoms with Crippen LogP contribution in [0.25, 0.3) is 5.57 Å². The molecule has 0 bridgehead atoms. The molecule has 6 nitrogen and oxygen atoms in total. The molecule has 8 heteroatoms. The van der Waals surface area contributed by atoms with E-state index in [1.54, 1.807) is 37.3 Å². The van der Waals surface area contributed by atoms with Crippen molar-refractivity contribution in [2.45, 2.75) is 19.1 Å². The lowest BCUT2D eigenvalue weighted by molar-refractivity contribution is -0.129. The fraction of sp³-hybridized carbons (Fsp3) is 0.222. The number of aliphatic hydroxyl groups is 1. The third kappa shape index (κ3) is 4.91. The molecule has 0 unspecified atom stereocenters. The largest absolute Gasteiger partial charge is 0.503 e. The van der Waals surface area contributed by atoms with Gasteiger partial charge in [-0.1, -0.05) is 54.6 Å². The van der Waals surface area contributed by atoms with Crippen LogP contribution in [0.5, 0.6) is 17.2 Å². The van der Waals surface area contributed by atoms with Gasteiger partial charge in [0.15, 0.2) is 17.3 Å². The van der Waals surface area contributed by atoms with Crippen LogP contribution in [0.4, 0.5) is 8.78 Å². The summed E-state index contributed by atoms with van der Waals surface area (Å²) >= 11 is 0. The average molecular weight is 481 g/mol. The lowest BCUT2D eigenvalue weighted by atomic mass is 9.93. The van der Waals surface area contributed by atoms with Gasteiger partial charge in [-0.3, -0.25) is 4.79 Å². The number of hydrogen-bond donors (Lipinski definition) is 1. The van der Waals surface area contributed by atoms with E-state index in [1.165, 1.54) is 12.1 Å². The maximum Gasteiger partial charge on any atom is 0.387 e. The number of para-hydroxylation sites is 1. The van der Waals surface area contributed by atoms with Gasteiger partial charge in [0.1, 0.15) is 5.75 Å². The van der Waals surface area contributed by atoms with Crippen molar-refractivity contribution in [1.82, 2.24) is 4.90 Å². The molecule has 3 aromatic carbocycles. The molecule has 1 aliphatic heterocycles. The summed E-state index contributed by atoms with van der Waals surface area (Å²) in [5.74, 6) is 0.313. The number of benzene rings is 3. The number of nitrogens with zero attached hydrogens (tertiary/aromatic N) is 1. The second kappa shape index (κ2) is 10.5. The van der Waals surface area contributed by atoms with E-state index in [-0.39, 0.29) is 18.1 Å². The molecule has 3 aromatic rings. The fourth-order valence-corrected chi connectivity index (χ4v) is 4.37. The van der Waals surface area contributed by atoms with Crippen molar-refractivity contribution in [3.05, 3.63) is 95.2 Å². The van der Waals surface area contributed by atoms with E-state index in [0.717, 1.165) is 5.56 Å². The Kier molecular flexibility index (Phi) is 7.19. The predicted octanol–water partition coefficient (Wildman–Crippen LogP) is 5.40. The van der Waals surface area contributed by atoms with Crippen LogP contribution in [0.2, 0.25) is 0 Å². The van der Waals surface area contributed by atoms with Crippen LogP contribution >= 0.6 is 0 Å². The van der Waals surface area contributed by atoms with Crippen molar-refractivity contribution >= 4 is 11.5 Å². The Bertz CT molecular complexity index is 1210. The summed E-state index contributed by atoms with van der Waals surface area (Å²) in [6, 6.07) is 20.1. The third-order valence-electron chi connectivity index (χ3n) is 5.92. The molecule has 0 spiro atoms. The van der Waals surface area contributed by atoms with Crippen LogP contribution in [-0.2, 0) is 11.2 Å². The van der Waals surface area contributed by atoms with E-state index in [1.807, 2.05) is 42.5 Å². The second-order valence-electron chi connectivity index (χ2n) is 7.88. The van der Waals surface area contributed by atoms with Crippen LogP contribution in [0.3, 0.4) is 0 Å². The molecule has 0 saturated heterocycles. The van der Waals surface area contributed by atoms with Crippen molar-refractivity contribution in [1.29, 1.82) is 0 Å². The van der Waals surface area contributed by atoms with E-state index in [0.29, 0.717) is 34.6 Å². The van der Waals surface area contributed by atoms with Gasteiger partial charge < -0.3 is 24.2 Å². The first kappa shape index (κ1) is 24.1. The molecule has 35 heavy (non-hydrogen) atoms. The van der Waals surface area contributed by atoms with E-state index in [9.17, 15) is 18.7 Å². The van der Waals surface area contributed by atoms with E-state index in [2.05, 4.69) is 4.74 Å². The number of aliphatic hydroxyl groups excluding tert-OH is 1. The first-order chi connectivity index (χ1) is 16.9. The van der Waals surface area contributed by atoms with Crippen molar-refractivity contribution in [3.63, 3.8) is 0 Å². The summed E-state index contributed by atoms with van der Waals surface area (Å²) in [4.78, 5) is 14.8. The number of halogens is 2. The molecular formula is C27H25F2NO5. The molecule has 1 N–H and O–H groups in total. The Hall–Kier alpha value is -4.07. The molecule has 182 valence electrons. The number of ether oxygens (including phenoxy) is 3. The van der Waals surface area contributed by atoms with Gasteiger partial charge in [0, 0.05) is 12.1 Å². The van der Waals surface area contributed by atoms with Crippen LogP contribution in [-0.4, -0.2) is 43.3 Å². The van der Waals surface area contributed by atoms with Crippen LogP contribution in [0.15, 0.2) is 78.6 Å². The normalized spacial score (nSPS) is 15.6. The molecule has 1 atom stereocenters. The van der Waals surface area contributed by atoms with Crippen molar-refractivity contribution in [2.75, 3.05) is 20.8 Å². The fourth-order valence-electron chi connectivity index (χ4n) is 4.37. The monoisotopic (exact) mass is 481 g/mol. The number of rotatable bonds is 9. The highest BCUT2D eigenvalue weighted by atomic mass is 19.3. The van der Waals surface area contributed by atoms with Gasteiger partial charge in [-0.05, 0) is 41.3 Å². The highest BCUT2D eigenvalue weighted by molar-refractivity contribution is 6.05. The molecule has 0 fully saturated rings. The molecule has 0 saturated carbocycles. The van der Waals surface area contributed by atoms with E-state index in [4.69, 9.17) is 9.47 Å². The standard InChI is InChI=1S/C27H25F2NO5/c1-33-21-10-6-9-19(25(21)34-2)15-16-30-23(18-11-13-20(14-12-18)35-27(28)29)22(24(31)26(30)32)17-7-4-3-5-8-17/h3-14,23,27,31H,15-16H2,1-2H3/t23-/m1/s1. The zero-order chi connectivity index (χ0) is 24.9. The van der Waals surface area contributed by atoms with Gasteiger partial charge in [0.25, 0.3) is 5.91 Å². The summed E-state index contributed by atoms with van der Waals surface area (Å²) < 4.78 is 40.6. The molecular weight excluding hydrogens is 456 g/mol. The van der Waals surface area contributed by atoms with Crippen LogP contribution in [0, 0.1) is 0 Å². The minimum atomic E-state index is -2.94. The first-order valence-corrected chi connectivity index (χ1v) is 11.0. The quantitative estimate of drug-likeness (QED) is 0.443. The summed E-state index contributed by atoms with van der Waals surface area (Å²) in [6.45, 7) is -2.67. The van der Waals surface area contributed by atoms with E-state index >= 15 is 0 Å². The highest BCUT2D eigenvalue weighted by Gasteiger charge is 2.40. The Morgan fingerprint density at radius 2 is 1.66 bits per heavy atom. The number of methoxy groups -OCH3 is 2. The topological polar surface area (TPSA) is 68.2 Å². The van der Waals surface area contributed by atoms with Crippen molar-refractivity contribution in [2.24, 2.45) is 0 Å². The summed E-state index contributed by atoms with van der Waals surface area (Å²) in [7, 11) is 3.10. The molecule has 0 aliphatic carbocycles. The molecule has 0 radical (unpaired) electrons. The van der Waals surface area contributed by atoms with Gasteiger partial charge >= 0.3 is 6.61 Å². The Balaban J connectivity index is 1.70. The number of hydrogen-bond acceptors (Lipinski definition) is 5. The SMILES string of the molecule is COc1cccc(CCN2C(=O)C(O)=C(c3ccccc3)[C@H]2c2ccc(OC(F)F)cc2)c1OC. The van der Waals surface area contributed by atoms with Gasteiger partial charge in [-0.2, -0.15) is 8.78 Å². The lowest BCUT2D eigenvalue weighted by Crippen LogP contribution is -2.32. The minimum absolute atomic E-state index is 0.00945. The molecule has 4 rings (SSSR count). The Morgan fingerprint density at radius 3 is 2.29 bits per heavy atom. The zero-order valence-corrected chi connectivity index (χ0v) is 19.3. The van der Waals surface area contributed by atoms with Gasteiger partial charge in [0.2, 0.25) is 0 Å². The predicted molar refractivity (Wildman–Crippen MR) is 127 cm³/mol. The summed E-state index contributed by atoms with van der Waals surface area (Å²) in [5.41, 5.74) is 2.64. The van der Waals surface area contributed by atoms with Gasteiger partial charge in [-0.15, -0.1) is 0 Å². The van der Waals surface area contributed by atoms with Crippen LogP contribution < -0.4 is 14.2 Å². The Morgan fingerprint density at radius 1 is 0.943 bits per heavy atom. The number of amides is 1. The zero-order valence-electron chi connectivity index (χ0n) is 19.3. The van der Waals surface area contributed by atoms with Crippen LogP contribution in [0.1, 0.15) is 22.7 Å².